The number of hydrogen-bond acceptors (Lipinski definition) is 5. The number of nitrogens with zero attached hydrogens (tertiary/aromatic N) is 3. The summed E-state index contributed by atoms with van der Waals surface area (Å²) in [6.07, 6.45) is 2.75. The molecule has 116 valence electrons. The van der Waals surface area contributed by atoms with E-state index >= 15 is 0 Å². The zero-order valence-electron chi connectivity index (χ0n) is 13.0. The van der Waals surface area contributed by atoms with E-state index in [2.05, 4.69) is 41.1 Å². The molecule has 2 bridgehead atoms. The third kappa shape index (κ3) is 2.52. The van der Waals surface area contributed by atoms with Gasteiger partial charge in [-0.1, -0.05) is 0 Å². The molecule has 4 nitrogen and oxygen atoms in total. The molecule has 0 radical (unpaired) electrons. The van der Waals surface area contributed by atoms with Crippen molar-refractivity contribution in [2.75, 3.05) is 13.1 Å². The summed E-state index contributed by atoms with van der Waals surface area (Å²) in [6.45, 7) is 6.81. The molecule has 22 heavy (non-hydrogen) atoms. The number of piperidine rings is 3. The van der Waals surface area contributed by atoms with E-state index in [1.165, 1.54) is 30.8 Å². The minimum Gasteiger partial charge on any atom is -0.471 e. The maximum atomic E-state index is 6.19. The molecule has 5 heteroatoms. The second-order valence-electron chi connectivity index (χ2n) is 6.36. The summed E-state index contributed by atoms with van der Waals surface area (Å²) in [5.41, 5.74) is 0.924. The Labute approximate surface area is 135 Å². The lowest BCUT2D eigenvalue weighted by Crippen LogP contribution is -2.58. The third-order valence-electron chi connectivity index (χ3n) is 4.98. The highest BCUT2D eigenvalue weighted by Gasteiger charge is 2.41. The molecule has 0 spiro atoms. The molecular weight excluding hydrogens is 294 g/mol. The van der Waals surface area contributed by atoms with Gasteiger partial charge in [0.15, 0.2) is 0 Å². The fourth-order valence-corrected chi connectivity index (χ4v) is 4.51. The molecule has 0 aromatic carbocycles. The van der Waals surface area contributed by atoms with Crippen molar-refractivity contribution >= 4 is 11.3 Å². The smallest absolute Gasteiger partial charge is 0.233 e. The van der Waals surface area contributed by atoms with Crippen LogP contribution in [0.4, 0.5) is 0 Å². The molecule has 2 atom stereocenters. The molecule has 0 saturated carbocycles. The molecule has 0 amide bonds. The predicted octanol–water partition coefficient (Wildman–Crippen LogP) is 3.38. The first-order chi connectivity index (χ1) is 10.7. The summed E-state index contributed by atoms with van der Waals surface area (Å²) in [7, 11) is 0. The van der Waals surface area contributed by atoms with E-state index in [1.807, 2.05) is 12.1 Å². The van der Waals surface area contributed by atoms with Crippen LogP contribution in [0.3, 0.4) is 0 Å². The maximum absolute atomic E-state index is 6.19. The van der Waals surface area contributed by atoms with Gasteiger partial charge in [-0.05, 0) is 63.9 Å². The molecule has 0 N–H and O–H groups in total. The molecular formula is C17H21N3OS. The fraction of sp³-hybridized carbons (Fsp3) is 0.529. The Kier molecular flexibility index (Phi) is 3.62. The van der Waals surface area contributed by atoms with Crippen molar-refractivity contribution in [2.45, 2.75) is 38.8 Å². The summed E-state index contributed by atoms with van der Waals surface area (Å²) in [5.74, 6) is 1.32. The summed E-state index contributed by atoms with van der Waals surface area (Å²) in [5, 5.41) is 8.63. The Morgan fingerprint density at radius 1 is 1.14 bits per heavy atom. The van der Waals surface area contributed by atoms with E-state index in [4.69, 9.17) is 4.74 Å². The average molecular weight is 315 g/mol. The number of aryl methyl sites for hydroxylation is 1. The van der Waals surface area contributed by atoms with Crippen molar-refractivity contribution < 1.29 is 4.74 Å². The summed E-state index contributed by atoms with van der Waals surface area (Å²) in [4.78, 5) is 4.98. The molecule has 5 rings (SSSR count). The van der Waals surface area contributed by atoms with Crippen LogP contribution in [0.15, 0.2) is 24.3 Å². The molecule has 0 aliphatic carbocycles. The molecule has 0 unspecified atom stereocenters. The van der Waals surface area contributed by atoms with Crippen molar-refractivity contribution in [3.63, 3.8) is 0 Å². The van der Waals surface area contributed by atoms with Crippen molar-refractivity contribution in [2.24, 2.45) is 5.92 Å². The zero-order chi connectivity index (χ0) is 15.1. The minimum atomic E-state index is 0.256. The monoisotopic (exact) mass is 315 g/mol. The van der Waals surface area contributed by atoms with Crippen LogP contribution >= 0.6 is 11.3 Å². The summed E-state index contributed by atoms with van der Waals surface area (Å²) in [6, 6.07) is 8.66. The highest BCUT2D eigenvalue weighted by atomic mass is 32.1. The highest BCUT2D eigenvalue weighted by Crippen LogP contribution is 2.34. The van der Waals surface area contributed by atoms with E-state index in [0.29, 0.717) is 17.8 Å². The van der Waals surface area contributed by atoms with Gasteiger partial charge in [0.05, 0.1) is 4.88 Å². The van der Waals surface area contributed by atoms with Crippen LogP contribution in [0.1, 0.15) is 24.6 Å². The topological polar surface area (TPSA) is 38.2 Å². The molecule has 5 heterocycles. The van der Waals surface area contributed by atoms with Crippen molar-refractivity contribution in [3.8, 4) is 16.5 Å². The molecule has 3 saturated heterocycles. The third-order valence-corrected chi connectivity index (χ3v) is 6.00. The second kappa shape index (κ2) is 5.63. The quantitative estimate of drug-likeness (QED) is 0.870. The number of fused-ring (bicyclic) bond motifs is 3. The lowest BCUT2D eigenvalue weighted by atomic mass is 9.81. The number of aromatic nitrogens is 2. The van der Waals surface area contributed by atoms with Gasteiger partial charge >= 0.3 is 0 Å². The first-order valence-corrected chi connectivity index (χ1v) is 8.83. The predicted molar refractivity (Wildman–Crippen MR) is 88.3 cm³/mol. The number of thiophene rings is 1. The molecule has 3 fully saturated rings. The van der Waals surface area contributed by atoms with Gasteiger partial charge in [-0.15, -0.1) is 21.5 Å². The van der Waals surface area contributed by atoms with Gasteiger partial charge in [-0.25, -0.2) is 0 Å². The average Bonchev–Trinajstić information content (AvgIpc) is 2.98. The van der Waals surface area contributed by atoms with Gasteiger partial charge in [-0.3, -0.25) is 4.90 Å². The normalized spacial score (nSPS) is 30.5. The largest absolute Gasteiger partial charge is 0.471 e. The zero-order valence-corrected chi connectivity index (χ0v) is 13.8. The van der Waals surface area contributed by atoms with E-state index in [-0.39, 0.29) is 6.10 Å². The van der Waals surface area contributed by atoms with Crippen LogP contribution < -0.4 is 4.74 Å². The van der Waals surface area contributed by atoms with E-state index in [1.54, 1.807) is 11.3 Å². The van der Waals surface area contributed by atoms with Crippen LogP contribution in [0.25, 0.3) is 10.6 Å². The van der Waals surface area contributed by atoms with Crippen LogP contribution in [0.5, 0.6) is 5.88 Å². The number of ether oxygens (including phenoxy) is 1. The number of hydrogen-bond donors (Lipinski definition) is 0. The highest BCUT2D eigenvalue weighted by molar-refractivity contribution is 7.15. The maximum Gasteiger partial charge on any atom is 0.233 e. The first kappa shape index (κ1) is 14.2. The first-order valence-electron chi connectivity index (χ1n) is 8.02. The lowest BCUT2D eigenvalue weighted by Gasteiger charge is -2.48. The van der Waals surface area contributed by atoms with Crippen LogP contribution in [0, 0.1) is 12.8 Å². The van der Waals surface area contributed by atoms with Gasteiger partial charge < -0.3 is 4.74 Å². The Morgan fingerprint density at radius 2 is 1.95 bits per heavy atom. The summed E-state index contributed by atoms with van der Waals surface area (Å²) >= 11 is 1.74. The fourth-order valence-electron chi connectivity index (χ4n) is 3.68. The molecule has 2 aromatic heterocycles. The Bertz CT molecular complexity index is 644. The van der Waals surface area contributed by atoms with Crippen LogP contribution in [-0.4, -0.2) is 40.3 Å². The van der Waals surface area contributed by atoms with Gasteiger partial charge in [-0.2, -0.15) is 0 Å². The molecule has 3 aliphatic heterocycles. The second-order valence-corrected chi connectivity index (χ2v) is 7.65. The van der Waals surface area contributed by atoms with Crippen molar-refractivity contribution in [3.05, 3.63) is 29.1 Å². The standard InChI is InChI=1S/C17H21N3OS/c1-11-3-5-15(22-11)14-4-6-16(19-18-14)21-17-12(2)20-9-7-13(17)8-10-20/h3-6,12-13,17H,7-10H2,1-2H3/t12-,17+/m1/s1. The molecule has 3 aliphatic rings. The van der Waals surface area contributed by atoms with Crippen LogP contribution in [0.2, 0.25) is 0 Å². The Hall–Kier alpha value is -1.46. The van der Waals surface area contributed by atoms with E-state index in [9.17, 15) is 0 Å². The van der Waals surface area contributed by atoms with Gasteiger partial charge in [0.25, 0.3) is 0 Å². The van der Waals surface area contributed by atoms with Gasteiger partial charge in [0.1, 0.15) is 11.8 Å². The molecule has 2 aromatic rings. The van der Waals surface area contributed by atoms with E-state index in [0.717, 1.165) is 10.6 Å². The Balaban J connectivity index is 1.49. The van der Waals surface area contributed by atoms with Gasteiger partial charge in [0.2, 0.25) is 5.88 Å². The number of rotatable bonds is 3. The summed E-state index contributed by atoms with van der Waals surface area (Å²) < 4.78 is 6.19. The van der Waals surface area contributed by atoms with Gasteiger partial charge in [0, 0.05) is 17.0 Å². The van der Waals surface area contributed by atoms with E-state index < -0.39 is 0 Å². The van der Waals surface area contributed by atoms with Crippen LogP contribution in [-0.2, 0) is 0 Å². The SMILES string of the molecule is Cc1ccc(-c2ccc(O[C@@H]3C4CCN(CC4)[C@@H]3C)nn2)s1. The van der Waals surface area contributed by atoms with Crippen molar-refractivity contribution in [1.82, 2.24) is 15.1 Å². The van der Waals surface area contributed by atoms with Crippen molar-refractivity contribution in [1.29, 1.82) is 0 Å². The minimum absolute atomic E-state index is 0.256. The Morgan fingerprint density at radius 3 is 2.55 bits per heavy atom. The lowest BCUT2D eigenvalue weighted by molar-refractivity contribution is -0.0528.